The fourth-order valence-corrected chi connectivity index (χ4v) is 2.86. The van der Waals surface area contributed by atoms with Crippen LogP contribution in [0.1, 0.15) is 88.4 Å². The van der Waals surface area contributed by atoms with Crippen LogP contribution in [0.4, 0.5) is 0 Å². The molecule has 0 bridgehead atoms. The third kappa shape index (κ3) is 11.5. The van der Waals surface area contributed by atoms with Gasteiger partial charge in [0.15, 0.2) is 5.78 Å². The van der Waals surface area contributed by atoms with Crippen LogP contribution in [0, 0.1) is 0 Å². The summed E-state index contributed by atoms with van der Waals surface area (Å²) in [7, 11) is 0. The molecule has 0 fully saturated rings. The predicted octanol–water partition coefficient (Wildman–Crippen LogP) is 5.30. The molecule has 0 saturated heterocycles. The lowest BCUT2D eigenvalue weighted by Gasteiger charge is -2.08. The minimum atomic E-state index is -0.200. The van der Waals surface area contributed by atoms with Crippen molar-refractivity contribution in [2.24, 2.45) is 0 Å². The van der Waals surface area contributed by atoms with Gasteiger partial charge in [-0.05, 0) is 37.6 Å². The summed E-state index contributed by atoms with van der Waals surface area (Å²) in [6, 6.07) is 6.62. The first kappa shape index (κ1) is 23.9. The van der Waals surface area contributed by atoms with Crippen LogP contribution >= 0.6 is 0 Å². The normalized spacial score (nSPS) is 10.5. The second-order valence-electron chi connectivity index (χ2n) is 7.12. The molecular formula is C23H34O5. The van der Waals surface area contributed by atoms with E-state index in [1.165, 1.54) is 45.4 Å². The minimum absolute atomic E-state index is 0.0883. The first-order valence-electron chi connectivity index (χ1n) is 10.4. The average molecular weight is 391 g/mol. The molecule has 1 rings (SSSR count). The summed E-state index contributed by atoms with van der Waals surface area (Å²) in [5.41, 5.74) is 0.486. The SMILES string of the molecule is CCCCCCCCCCC(=O)OCCOc1ccc(C(=O)CC(C)=O)cc1. The van der Waals surface area contributed by atoms with Crippen molar-refractivity contribution >= 4 is 17.5 Å². The molecule has 5 nitrogen and oxygen atoms in total. The van der Waals surface area contributed by atoms with Crippen LogP contribution in [-0.2, 0) is 14.3 Å². The van der Waals surface area contributed by atoms with Gasteiger partial charge in [-0.3, -0.25) is 14.4 Å². The molecule has 1 aromatic rings. The molecule has 0 N–H and O–H groups in total. The molecule has 0 radical (unpaired) electrons. The highest BCUT2D eigenvalue weighted by molar-refractivity contribution is 6.07. The minimum Gasteiger partial charge on any atom is -0.490 e. The third-order valence-corrected chi connectivity index (χ3v) is 4.44. The van der Waals surface area contributed by atoms with E-state index in [4.69, 9.17) is 9.47 Å². The maximum atomic E-state index is 11.8. The van der Waals surface area contributed by atoms with E-state index in [0.29, 0.717) is 17.7 Å². The zero-order valence-electron chi connectivity index (χ0n) is 17.3. The van der Waals surface area contributed by atoms with Gasteiger partial charge in [0.25, 0.3) is 0 Å². The van der Waals surface area contributed by atoms with Gasteiger partial charge in [-0.25, -0.2) is 0 Å². The van der Waals surface area contributed by atoms with Crippen molar-refractivity contribution in [3.8, 4) is 5.75 Å². The van der Waals surface area contributed by atoms with Crippen LogP contribution in [0.25, 0.3) is 0 Å². The van der Waals surface area contributed by atoms with E-state index < -0.39 is 0 Å². The standard InChI is InChI=1S/C23H34O5/c1-3-4-5-6-7-8-9-10-11-23(26)28-17-16-27-21-14-12-20(13-15-21)22(25)18-19(2)24/h12-15H,3-11,16-18H2,1-2H3. The average Bonchev–Trinajstić information content (AvgIpc) is 2.67. The lowest BCUT2D eigenvalue weighted by atomic mass is 10.1. The second-order valence-corrected chi connectivity index (χ2v) is 7.12. The number of benzene rings is 1. The van der Waals surface area contributed by atoms with Gasteiger partial charge in [0.05, 0.1) is 6.42 Å². The van der Waals surface area contributed by atoms with E-state index in [1.807, 2.05) is 0 Å². The van der Waals surface area contributed by atoms with Crippen molar-refractivity contribution in [1.82, 2.24) is 0 Å². The van der Waals surface area contributed by atoms with Gasteiger partial charge in [-0.1, -0.05) is 51.9 Å². The summed E-state index contributed by atoms with van der Waals surface area (Å²) in [5.74, 6) is 0.0614. The Bertz CT molecular complexity index is 592. The van der Waals surface area contributed by atoms with Gasteiger partial charge >= 0.3 is 5.97 Å². The van der Waals surface area contributed by atoms with Crippen molar-refractivity contribution in [3.05, 3.63) is 29.8 Å². The molecule has 28 heavy (non-hydrogen) atoms. The third-order valence-electron chi connectivity index (χ3n) is 4.44. The second kappa shape index (κ2) is 14.8. The molecule has 0 aliphatic carbocycles. The van der Waals surface area contributed by atoms with Crippen LogP contribution in [-0.4, -0.2) is 30.7 Å². The molecule has 0 saturated carbocycles. The Labute approximate surface area is 168 Å². The first-order valence-corrected chi connectivity index (χ1v) is 10.4. The predicted molar refractivity (Wildman–Crippen MR) is 110 cm³/mol. The highest BCUT2D eigenvalue weighted by Crippen LogP contribution is 2.14. The molecular weight excluding hydrogens is 356 g/mol. The van der Waals surface area contributed by atoms with E-state index >= 15 is 0 Å². The quantitative estimate of drug-likeness (QED) is 0.166. The van der Waals surface area contributed by atoms with E-state index in [1.54, 1.807) is 24.3 Å². The highest BCUT2D eigenvalue weighted by Gasteiger charge is 2.08. The van der Waals surface area contributed by atoms with Crippen LogP contribution in [0.2, 0.25) is 0 Å². The van der Waals surface area contributed by atoms with Gasteiger partial charge in [-0.15, -0.1) is 0 Å². The molecule has 1 aromatic carbocycles. The largest absolute Gasteiger partial charge is 0.490 e. The molecule has 0 amide bonds. The summed E-state index contributed by atoms with van der Waals surface area (Å²) in [6.07, 6.45) is 9.95. The van der Waals surface area contributed by atoms with Crippen molar-refractivity contribution in [3.63, 3.8) is 0 Å². The van der Waals surface area contributed by atoms with Crippen molar-refractivity contribution in [2.45, 2.75) is 78.1 Å². The topological polar surface area (TPSA) is 69.7 Å². The number of carbonyl (C=O) groups is 3. The van der Waals surface area contributed by atoms with Crippen LogP contribution in [0.5, 0.6) is 5.75 Å². The van der Waals surface area contributed by atoms with Gasteiger partial charge in [0.2, 0.25) is 0 Å². The number of carbonyl (C=O) groups excluding carboxylic acids is 3. The monoisotopic (exact) mass is 390 g/mol. The number of unbranched alkanes of at least 4 members (excludes halogenated alkanes) is 7. The number of hydrogen-bond donors (Lipinski definition) is 0. The molecule has 0 aliphatic rings. The van der Waals surface area contributed by atoms with Crippen molar-refractivity contribution < 1.29 is 23.9 Å². The van der Waals surface area contributed by atoms with E-state index in [9.17, 15) is 14.4 Å². The maximum Gasteiger partial charge on any atom is 0.305 e. The molecule has 0 atom stereocenters. The zero-order valence-corrected chi connectivity index (χ0v) is 17.3. The Hall–Kier alpha value is -2.17. The fourth-order valence-electron chi connectivity index (χ4n) is 2.86. The molecule has 5 heteroatoms. The number of ether oxygens (including phenoxy) is 2. The van der Waals surface area contributed by atoms with Gasteiger partial charge in [0, 0.05) is 12.0 Å². The van der Waals surface area contributed by atoms with Crippen LogP contribution in [0.3, 0.4) is 0 Å². The smallest absolute Gasteiger partial charge is 0.305 e. The highest BCUT2D eigenvalue weighted by atomic mass is 16.6. The number of rotatable bonds is 16. The van der Waals surface area contributed by atoms with Crippen molar-refractivity contribution in [2.75, 3.05) is 13.2 Å². The van der Waals surface area contributed by atoms with E-state index in [-0.39, 0.29) is 37.2 Å². The summed E-state index contributed by atoms with van der Waals surface area (Å²) in [4.78, 5) is 34.4. The Morgan fingerprint density at radius 3 is 2.04 bits per heavy atom. The molecule has 0 unspecified atom stereocenters. The molecule has 0 aromatic heterocycles. The Morgan fingerprint density at radius 2 is 1.43 bits per heavy atom. The number of ketones is 2. The van der Waals surface area contributed by atoms with Crippen LogP contribution in [0.15, 0.2) is 24.3 Å². The van der Waals surface area contributed by atoms with Crippen molar-refractivity contribution in [1.29, 1.82) is 0 Å². The molecule has 0 spiro atoms. The first-order chi connectivity index (χ1) is 13.5. The Morgan fingerprint density at radius 1 is 0.821 bits per heavy atom. The summed E-state index contributed by atoms with van der Waals surface area (Å²) in [6.45, 7) is 4.09. The van der Waals surface area contributed by atoms with E-state index in [0.717, 1.165) is 12.8 Å². The molecule has 0 heterocycles. The number of esters is 1. The van der Waals surface area contributed by atoms with Gasteiger partial charge in [-0.2, -0.15) is 0 Å². The van der Waals surface area contributed by atoms with Gasteiger partial charge in [0.1, 0.15) is 24.7 Å². The Kier molecular flexibility index (Phi) is 12.6. The lowest BCUT2D eigenvalue weighted by molar-refractivity contribution is -0.144. The zero-order chi connectivity index (χ0) is 20.6. The van der Waals surface area contributed by atoms with Crippen LogP contribution < -0.4 is 4.74 Å². The summed E-state index contributed by atoms with van der Waals surface area (Å²) >= 11 is 0. The van der Waals surface area contributed by atoms with Gasteiger partial charge < -0.3 is 9.47 Å². The molecule has 0 aliphatic heterocycles. The van der Waals surface area contributed by atoms with E-state index in [2.05, 4.69) is 6.92 Å². The lowest BCUT2D eigenvalue weighted by Crippen LogP contribution is -2.12. The summed E-state index contributed by atoms with van der Waals surface area (Å²) in [5, 5.41) is 0. The fraction of sp³-hybridized carbons (Fsp3) is 0.609. The summed E-state index contributed by atoms with van der Waals surface area (Å²) < 4.78 is 10.7. The number of hydrogen-bond acceptors (Lipinski definition) is 5. The maximum absolute atomic E-state index is 11.8. The molecule has 156 valence electrons. The Balaban J connectivity index is 2.07. The number of Topliss-reactive ketones (excluding diaryl/α,β-unsaturated/α-hetero) is 2.